The summed E-state index contributed by atoms with van der Waals surface area (Å²) in [6, 6.07) is 1.34. The minimum atomic E-state index is -3.67. The van der Waals surface area contributed by atoms with Crippen molar-refractivity contribution in [1.29, 1.82) is 0 Å². The van der Waals surface area contributed by atoms with Crippen molar-refractivity contribution in [3.8, 4) is 0 Å². The quantitative estimate of drug-likeness (QED) is 0.362. The number of nitro groups is 1. The van der Waals surface area contributed by atoms with E-state index < -0.39 is 25.1 Å². The van der Waals surface area contributed by atoms with Crippen molar-refractivity contribution >= 4 is 26.2 Å². The average Bonchev–Trinajstić information content (AvgIpc) is 2.51. The van der Waals surface area contributed by atoms with Gasteiger partial charge in [-0.1, -0.05) is 0 Å². The van der Waals surface area contributed by atoms with Gasteiger partial charge >= 0.3 is 7.60 Å². The Labute approximate surface area is 147 Å². The molecule has 0 aliphatic heterocycles. The zero-order chi connectivity index (χ0) is 19.3. The Balaban J connectivity index is 3.41. The molecule has 9 nitrogen and oxygen atoms in total. The van der Waals surface area contributed by atoms with Gasteiger partial charge in [0.05, 0.1) is 25.3 Å². The highest BCUT2D eigenvalue weighted by atomic mass is 31.2. The summed E-state index contributed by atoms with van der Waals surface area (Å²) in [6.07, 6.45) is 1.15. The largest absolute Gasteiger partial charge is 0.373 e. The normalized spacial score (nSPS) is 13.5. The van der Waals surface area contributed by atoms with Gasteiger partial charge in [-0.3, -0.25) is 14.7 Å². The standard InChI is InChI=1S/C14H25N3O6P2/c1-6-22-25(21,23-7-2)13(24(4,5)20)9-11-8-12(17(18)19)10-16-14(11)15-3/h8,10,13H,6-7,9H2,1-5H3,(H,15,16). The van der Waals surface area contributed by atoms with Crippen LogP contribution in [0.4, 0.5) is 11.5 Å². The predicted octanol–water partition coefficient (Wildman–Crippen LogP) is 3.79. The van der Waals surface area contributed by atoms with Crippen LogP contribution >= 0.6 is 14.7 Å². The molecule has 25 heavy (non-hydrogen) atoms. The molecule has 1 unspecified atom stereocenters. The lowest BCUT2D eigenvalue weighted by atomic mass is 10.2. The van der Waals surface area contributed by atoms with Gasteiger partial charge in [-0.25, -0.2) is 4.98 Å². The van der Waals surface area contributed by atoms with Crippen LogP contribution in [0.15, 0.2) is 12.3 Å². The summed E-state index contributed by atoms with van der Waals surface area (Å²) in [7, 11) is -4.98. The third-order valence-electron chi connectivity index (χ3n) is 3.50. The smallest absolute Gasteiger partial charge is 0.341 e. The fourth-order valence-electron chi connectivity index (χ4n) is 2.42. The molecule has 0 amide bonds. The minimum Gasteiger partial charge on any atom is -0.373 e. The van der Waals surface area contributed by atoms with Gasteiger partial charge in [0.2, 0.25) is 0 Å². The number of anilines is 1. The topological polar surface area (TPSA) is 121 Å². The van der Waals surface area contributed by atoms with E-state index in [2.05, 4.69) is 10.3 Å². The summed E-state index contributed by atoms with van der Waals surface area (Å²) in [5.74, 6) is 0.392. The molecule has 0 aromatic carbocycles. The van der Waals surface area contributed by atoms with Crippen LogP contribution in [0.1, 0.15) is 19.4 Å². The molecular formula is C14H25N3O6P2. The van der Waals surface area contributed by atoms with E-state index in [0.717, 1.165) is 6.20 Å². The lowest BCUT2D eigenvalue weighted by Crippen LogP contribution is -2.17. The first-order valence-electron chi connectivity index (χ1n) is 7.83. The molecule has 0 saturated heterocycles. The molecular weight excluding hydrogens is 368 g/mol. The second-order valence-corrected chi connectivity index (χ2v) is 11.8. The Morgan fingerprint density at radius 2 is 1.84 bits per heavy atom. The number of hydrogen-bond acceptors (Lipinski definition) is 8. The minimum absolute atomic E-state index is 0.0202. The van der Waals surface area contributed by atoms with Crippen molar-refractivity contribution in [1.82, 2.24) is 4.98 Å². The summed E-state index contributed by atoms with van der Waals surface area (Å²) in [6.45, 7) is 6.64. The average molecular weight is 393 g/mol. The van der Waals surface area contributed by atoms with E-state index in [0.29, 0.717) is 11.4 Å². The first kappa shape index (κ1) is 21.8. The Bertz CT molecular complexity index is 696. The molecule has 1 rings (SSSR count). The first-order valence-corrected chi connectivity index (χ1v) is 12.1. The molecule has 1 aromatic rings. The number of aromatic nitrogens is 1. The molecule has 0 aliphatic rings. The molecule has 1 heterocycles. The first-order chi connectivity index (χ1) is 11.6. The summed E-state index contributed by atoms with van der Waals surface area (Å²) >= 11 is 0. The molecule has 0 aliphatic carbocycles. The molecule has 1 aromatic heterocycles. The van der Waals surface area contributed by atoms with E-state index in [1.54, 1.807) is 20.9 Å². The van der Waals surface area contributed by atoms with Crippen LogP contribution < -0.4 is 5.32 Å². The van der Waals surface area contributed by atoms with E-state index in [1.807, 2.05) is 0 Å². The van der Waals surface area contributed by atoms with Crippen LogP contribution in [0.25, 0.3) is 0 Å². The monoisotopic (exact) mass is 393 g/mol. The van der Waals surface area contributed by atoms with E-state index in [-0.39, 0.29) is 25.3 Å². The molecule has 1 N–H and O–H groups in total. The molecule has 1 atom stereocenters. The van der Waals surface area contributed by atoms with Crippen LogP contribution in [-0.2, 0) is 24.6 Å². The van der Waals surface area contributed by atoms with Crippen LogP contribution in [0, 0.1) is 10.1 Å². The molecule has 0 fully saturated rings. The van der Waals surface area contributed by atoms with E-state index in [4.69, 9.17) is 9.05 Å². The maximum Gasteiger partial charge on any atom is 0.341 e. The van der Waals surface area contributed by atoms with E-state index >= 15 is 0 Å². The van der Waals surface area contributed by atoms with Gasteiger partial charge in [-0.2, -0.15) is 0 Å². The highest BCUT2D eigenvalue weighted by Gasteiger charge is 2.44. The number of pyridine rings is 1. The van der Waals surface area contributed by atoms with Crippen molar-refractivity contribution in [2.45, 2.75) is 25.7 Å². The summed E-state index contributed by atoms with van der Waals surface area (Å²) in [5.41, 5.74) is 0.239. The van der Waals surface area contributed by atoms with Crippen molar-refractivity contribution in [2.24, 2.45) is 0 Å². The highest BCUT2D eigenvalue weighted by Crippen LogP contribution is 2.67. The lowest BCUT2D eigenvalue weighted by molar-refractivity contribution is -0.385. The number of nitrogens with zero attached hydrogens (tertiary/aromatic N) is 2. The van der Waals surface area contributed by atoms with Gasteiger partial charge in [0.1, 0.15) is 17.4 Å². The van der Waals surface area contributed by atoms with Crippen LogP contribution in [0.2, 0.25) is 0 Å². The summed E-state index contributed by atoms with van der Waals surface area (Å²) < 4.78 is 36.8. The van der Waals surface area contributed by atoms with Gasteiger partial charge < -0.3 is 18.9 Å². The lowest BCUT2D eigenvalue weighted by Gasteiger charge is -2.29. The highest BCUT2D eigenvalue weighted by molar-refractivity contribution is 7.77. The number of nitrogens with one attached hydrogen (secondary N) is 1. The second-order valence-electron chi connectivity index (χ2n) is 5.70. The maximum atomic E-state index is 13.2. The van der Waals surface area contributed by atoms with Crippen molar-refractivity contribution in [3.63, 3.8) is 0 Å². The Morgan fingerprint density at radius 3 is 2.24 bits per heavy atom. The van der Waals surface area contributed by atoms with Crippen LogP contribution in [0.5, 0.6) is 0 Å². The molecule has 142 valence electrons. The fraction of sp³-hybridized carbons (Fsp3) is 0.643. The Morgan fingerprint density at radius 1 is 1.28 bits per heavy atom. The zero-order valence-corrected chi connectivity index (χ0v) is 16.9. The van der Waals surface area contributed by atoms with Crippen molar-refractivity contribution in [2.75, 3.05) is 38.9 Å². The van der Waals surface area contributed by atoms with E-state index in [1.165, 1.54) is 19.4 Å². The molecule has 0 spiro atoms. The van der Waals surface area contributed by atoms with Gasteiger partial charge in [0, 0.05) is 18.7 Å². The van der Waals surface area contributed by atoms with Crippen LogP contribution in [0.3, 0.4) is 0 Å². The maximum absolute atomic E-state index is 13.2. The van der Waals surface area contributed by atoms with Gasteiger partial charge in [0.25, 0.3) is 5.69 Å². The molecule has 0 radical (unpaired) electrons. The summed E-state index contributed by atoms with van der Waals surface area (Å²) in [4.78, 5) is 14.5. The number of rotatable bonds is 10. The van der Waals surface area contributed by atoms with Crippen molar-refractivity contribution in [3.05, 3.63) is 27.9 Å². The predicted molar refractivity (Wildman–Crippen MR) is 98.2 cm³/mol. The van der Waals surface area contributed by atoms with Crippen molar-refractivity contribution < 1.29 is 23.1 Å². The Kier molecular flexibility index (Phi) is 7.75. The molecule has 0 bridgehead atoms. The van der Waals surface area contributed by atoms with Gasteiger partial charge in [-0.15, -0.1) is 0 Å². The molecule has 11 heteroatoms. The van der Waals surface area contributed by atoms with Crippen LogP contribution in [-0.4, -0.2) is 48.9 Å². The van der Waals surface area contributed by atoms with Gasteiger partial charge in [-0.05, 0) is 33.6 Å². The Hall–Kier alpha value is -1.27. The SMILES string of the molecule is CCOP(=O)(OCC)C(Cc1cc([N+](=O)[O-])cnc1NC)P(C)(C)=O. The van der Waals surface area contributed by atoms with E-state index in [9.17, 15) is 19.2 Å². The second kappa shape index (κ2) is 8.90. The fourth-order valence-corrected chi connectivity index (χ4v) is 7.74. The third-order valence-corrected chi connectivity index (χ3v) is 9.79. The molecule has 0 saturated carbocycles. The van der Waals surface area contributed by atoms with Gasteiger partial charge in [0.15, 0.2) is 0 Å². The summed E-state index contributed by atoms with van der Waals surface area (Å²) in [5, 5.41) is 12.9. The third kappa shape index (κ3) is 5.61. The number of hydrogen-bond donors (Lipinski definition) is 1. The zero-order valence-electron chi connectivity index (χ0n) is 15.1.